The van der Waals surface area contributed by atoms with Gasteiger partial charge in [0.2, 0.25) is 0 Å². The predicted molar refractivity (Wildman–Crippen MR) is 110 cm³/mol. The van der Waals surface area contributed by atoms with E-state index in [2.05, 4.69) is 15.8 Å². The van der Waals surface area contributed by atoms with Crippen LogP contribution in [0.4, 0.5) is 0 Å². The quantitative estimate of drug-likeness (QED) is 0.635. The molecule has 0 fully saturated rings. The Labute approximate surface area is 171 Å². The molecule has 29 heavy (non-hydrogen) atoms. The Morgan fingerprint density at radius 1 is 1.00 bits per heavy atom. The number of carbonyl (C=O) groups excluding carboxylic acids is 2. The van der Waals surface area contributed by atoms with Crippen molar-refractivity contribution in [1.82, 2.24) is 20.4 Å². The maximum atomic E-state index is 12.8. The number of amides is 2. The summed E-state index contributed by atoms with van der Waals surface area (Å²) in [6.07, 6.45) is 3.77. The molecule has 0 spiro atoms. The number of fused-ring (bicyclic) bond motifs is 2. The molecule has 2 N–H and O–H groups in total. The van der Waals surface area contributed by atoms with Crippen molar-refractivity contribution in [2.24, 2.45) is 0 Å². The van der Waals surface area contributed by atoms with Crippen LogP contribution in [0, 0.1) is 0 Å². The number of nitrogens with zero attached hydrogens (tertiary/aromatic N) is 2. The summed E-state index contributed by atoms with van der Waals surface area (Å²) in [5.74, 6) is -0.278. The lowest BCUT2D eigenvalue weighted by Crippen LogP contribution is -2.41. The number of aromatic nitrogens is 2. The number of hydrogen-bond acceptors (Lipinski definition) is 4. The van der Waals surface area contributed by atoms with Gasteiger partial charge >= 0.3 is 0 Å². The van der Waals surface area contributed by atoms with Crippen LogP contribution < -0.4 is 16.4 Å². The van der Waals surface area contributed by atoms with Crippen molar-refractivity contribution in [2.75, 3.05) is 0 Å². The van der Waals surface area contributed by atoms with E-state index in [1.807, 2.05) is 0 Å². The van der Waals surface area contributed by atoms with Crippen LogP contribution >= 0.6 is 11.6 Å². The lowest BCUT2D eigenvalue weighted by Gasteiger charge is -2.11. The number of hydrazine groups is 1. The molecule has 0 saturated carbocycles. The summed E-state index contributed by atoms with van der Waals surface area (Å²) in [7, 11) is 0. The topological polar surface area (TPSA) is 93.1 Å². The highest BCUT2D eigenvalue weighted by Gasteiger charge is 2.16. The molecule has 7 nitrogen and oxygen atoms in total. The predicted octanol–water partition coefficient (Wildman–Crippen LogP) is 2.85. The van der Waals surface area contributed by atoms with Gasteiger partial charge in [0.1, 0.15) is 5.82 Å². The molecule has 2 heterocycles. The zero-order chi connectivity index (χ0) is 20.4. The molecule has 1 aliphatic heterocycles. The minimum atomic E-state index is -0.522. The van der Waals surface area contributed by atoms with Crippen molar-refractivity contribution < 1.29 is 9.59 Å². The van der Waals surface area contributed by atoms with Crippen LogP contribution in [0.25, 0.3) is 10.9 Å². The SMILES string of the molecule is O=C(NNC(=O)c1ccccc1Cl)c1ccc2c(=O)n3c(nc2c1)CCCCC3. The molecule has 0 aliphatic carbocycles. The first-order chi connectivity index (χ1) is 14.0. The maximum absolute atomic E-state index is 12.8. The van der Waals surface area contributed by atoms with Crippen LogP contribution in [0.2, 0.25) is 5.02 Å². The van der Waals surface area contributed by atoms with Crippen LogP contribution in [0.5, 0.6) is 0 Å². The van der Waals surface area contributed by atoms with Gasteiger partial charge in [-0.25, -0.2) is 4.98 Å². The largest absolute Gasteiger partial charge is 0.296 e. The fraction of sp³-hybridized carbons (Fsp3) is 0.238. The van der Waals surface area contributed by atoms with E-state index in [0.717, 1.165) is 31.5 Å². The number of aryl methyl sites for hydroxylation is 1. The van der Waals surface area contributed by atoms with Crippen molar-refractivity contribution in [1.29, 1.82) is 0 Å². The number of halogens is 1. The monoisotopic (exact) mass is 410 g/mol. The molecule has 0 unspecified atom stereocenters. The Balaban J connectivity index is 1.56. The second-order valence-corrected chi connectivity index (χ2v) is 7.32. The van der Waals surface area contributed by atoms with E-state index in [0.29, 0.717) is 23.0 Å². The van der Waals surface area contributed by atoms with Gasteiger partial charge in [-0.1, -0.05) is 30.2 Å². The van der Waals surface area contributed by atoms with Gasteiger partial charge in [0.25, 0.3) is 17.4 Å². The van der Waals surface area contributed by atoms with Gasteiger partial charge in [-0.05, 0) is 43.2 Å². The van der Waals surface area contributed by atoms with Gasteiger partial charge in [-0.2, -0.15) is 0 Å². The average Bonchev–Trinajstić information content (AvgIpc) is 2.97. The fourth-order valence-corrected chi connectivity index (χ4v) is 3.68. The summed E-state index contributed by atoms with van der Waals surface area (Å²) in [6.45, 7) is 0.674. The molecule has 1 aromatic heterocycles. The summed E-state index contributed by atoms with van der Waals surface area (Å²) >= 11 is 5.99. The summed E-state index contributed by atoms with van der Waals surface area (Å²) in [6, 6.07) is 11.3. The average molecular weight is 411 g/mol. The van der Waals surface area contributed by atoms with Crippen molar-refractivity contribution >= 4 is 34.3 Å². The van der Waals surface area contributed by atoms with Gasteiger partial charge < -0.3 is 0 Å². The molecule has 3 aromatic rings. The molecular formula is C21H19ClN4O3. The molecular weight excluding hydrogens is 392 g/mol. The van der Waals surface area contributed by atoms with Gasteiger partial charge in [-0.3, -0.25) is 29.8 Å². The molecule has 148 valence electrons. The van der Waals surface area contributed by atoms with Crippen LogP contribution in [0.15, 0.2) is 47.3 Å². The van der Waals surface area contributed by atoms with Crippen molar-refractivity contribution in [3.05, 3.63) is 74.8 Å². The zero-order valence-corrected chi connectivity index (χ0v) is 16.3. The van der Waals surface area contributed by atoms with E-state index in [-0.39, 0.29) is 16.1 Å². The second kappa shape index (κ2) is 8.05. The molecule has 8 heteroatoms. The summed E-state index contributed by atoms with van der Waals surface area (Å²) in [4.78, 5) is 42.0. The highest BCUT2D eigenvalue weighted by molar-refractivity contribution is 6.33. The Morgan fingerprint density at radius 2 is 1.79 bits per heavy atom. The van der Waals surface area contributed by atoms with Gasteiger partial charge in [-0.15, -0.1) is 0 Å². The van der Waals surface area contributed by atoms with Crippen molar-refractivity contribution in [2.45, 2.75) is 32.2 Å². The van der Waals surface area contributed by atoms with Gasteiger partial charge in [0, 0.05) is 18.5 Å². The van der Waals surface area contributed by atoms with E-state index in [4.69, 9.17) is 11.6 Å². The third-order valence-electron chi connectivity index (χ3n) is 4.99. The standard InChI is InChI=1S/C21H19ClN4O3/c22-16-7-4-3-6-14(16)20(28)25-24-19(27)13-9-10-15-17(12-13)23-18-8-2-1-5-11-26(18)21(15)29/h3-4,6-7,9-10,12H,1-2,5,8,11H2,(H,24,27)(H,25,28). The van der Waals surface area contributed by atoms with Crippen LogP contribution in [0.1, 0.15) is 45.8 Å². The van der Waals surface area contributed by atoms with Crippen molar-refractivity contribution in [3.8, 4) is 0 Å². The van der Waals surface area contributed by atoms with Gasteiger partial charge in [0.05, 0.1) is 21.5 Å². The van der Waals surface area contributed by atoms with Crippen LogP contribution in [-0.4, -0.2) is 21.4 Å². The number of nitrogens with one attached hydrogen (secondary N) is 2. The summed E-state index contributed by atoms with van der Waals surface area (Å²) in [5, 5.41) is 0.766. The zero-order valence-electron chi connectivity index (χ0n) is 15.6. The Bertz CT molecular complexity index is 1170. The highest BCUT2D eigenvalue weighted by Crippen LogP contribution is 2.17. The Kier molecular flexibility index (Phi) is 5.31. The van der Waals surface area contributed by atoms with E-state index in [1.54, 1.807) is 47.0 Å². The molecule has 2 amide bonds. The molecule has 2 aromatic carbocycles. The Morgan fingerprint density at radius 3 is 2.62 bits per heavy atom. The van der Waals surface area contributed by atoms with Crippen LogP contribution in [-0.2, 0) is 13.0 Å². The van der Waals surface area contributed by atoms with Gasteiger partial charge in [0.15, 0.2) is 0 Å². The van der Waals surface area contributed by atoms with E-state index >= 15 is 0 Å². The van der Waals surface area contributed by atoms with Crippen LogP contribution in [0.3, 0.4) is 0 Å². The maximum Gasteiger partial charge on any atom is 0.271 e. The minimum Gasteiger partial charge on any atom is -0.296 e. The lowest BCUT2D eigenvalue weighted by molar-refractivity contribution is 0.0847. The third-order valence-corrected chi connectivity index (χ3v) is 5.32. The molecule has 0 bridgehead atoms. The first-order valence-electron chi connectivity index (χ1n) is 9.43. The van der Waals surface area contributed by atoms with E-state index < -0.39 is 11.8 Å². The fourth-order valence-electron chi connectivity index (χ4n) is 3.46. The normalized spacial score (nSPS) is 13.4. The summed E-state index contributed by atoms with van der Waals surface area (Å²) in [5.41, 5.74) is 5.67. The molecule has 0 saturated heterocycles. The van der Waals surface area contributed by atoms with Crippen molar-refractivity contribution in [3.63, 3.8) is 0 Å². The first-order valence-corrected chi connectivity index (χ1v) is 9.81. The Hall–Kier alpha value is -3.19. The number of hydrogen-bond donors (Lipinski definition) is 2. The minimum absolute atomic E-state index is 0.0779. The number of rotatable bonds is 2. The molecule has 0 atom stereocenters. The van der Waals surface area contributed by atoms with E-state index in [1.165, 1.54) is 0 Å². The third kappa shape index (κ3) is 3.86. The first kappa shape index (κ1) is 19.1. The molecule has 0 radical (unpaired) electrons. The lowest BCUT2D eigenvalue weighted by atomic mass is 10.1. The summed E-state index contributed by atoms with van der Waals surface area (Å²) < 4.78 is 1.74. The second-order valence-electron chi connectivity index (χ2n) is 6.92. The molecule has 1 aliphatic rings. The number of carbonyl (C=O) groups is 2. The smallest absolute Gasteiger partial charge is 0.271 e. The van der Waals surface area contributed by atoms with E-state index in [9.17, 15) is 14.4 Å². The highest BCUT2D eigenvalue weighted by atomic mass is 35.5. The molecule has 4 rings (SSSR count). The number of benzene rings is 2.